The number of anilines is 1. The number of nitrogens with zero attached hydrogens (tertiary/aromatic N) is 2. The molecule has 1 aliphatic rings. The third kappa shape index (κ3) is 4.45. The van der Waals surface area contributed by atoms with Crippen LogP contribution in [-0.4, -0.2) is 35.9 Å². The highest BCUT2D eigenvalue weighted by Gasteiger charge is 2.27. The number of rotatable bonds is 5. The summed E-state index contributed by atoms with van der Waals surface area (Å²) in [5.41, 5.74) is 5.51. The molecular weight excluding hydrogens is 412 g/mol. The summed E-state index contributed by atoms with van der Waals surface area (Å²) in [6.45, 7) is 6.01. The molecule has 0 spiro atoms. The Labute approximate surface area is 187 Å². The number of hydrogen-bond acceptors (Lipinski definition) is 4. The molecule has 2 N–H and O–H groups in total. The molecule has 0 radical (unpaired) electrons. The molecule has 1 saturated heterocycles. The fourth-order valence-corrected chi connectivity index (χ4v) is 4.46. The van der Waals surface area contributed by atoms with Crippen LogP contribution in [-0.2, 0) is 0 Å². The first kappa shape index (κ1) is 21.4. The summed E-state index contributed by atoms with van der Waals surface area (Å²) in [4.78, 5) is 13.3. The second kappa shape index (κ2) is 9.12. The molecule has 162 valence electrons. The van der Waals surface area contributed by atoms with E-state index in [9.17, 15) is 4.79 Å². The van der Waals surface area contributed by atoms with Crippen molar-refractivity contribution in [1.29, 1.82) is 0 Å². The van der Waals surface area contributed by atoms with E-state index in [0.717, 1.165) is 42.9 Å². The fourth-order valence-electron chi connectivity index (χ4n) is 4.20. The lowest BCUT2D eigenvalue weighted by Gasteiger charge is -2.25. The number of ether oxygens (including phenoxy) is 1. The van der Waals surface area contributed by atoms with Crippen molar-refractivity contribution in [3.8, 4) is 11.4 Å². The van der Waals surface area contributed by atoms with Gasteiger partial charge in [0.1, 0.15) is 5.75 Å². The zero-order valence-electron chi connectivity index (χ0n) is 18.0. The third-order valence-corrected chi connectivity index (χ3v) is 6.06. The predicted octanol–water partition coefficient (Wildman–Crippen LogP) is 4.87. The molecule has 4 rings (SSSR count). The third-order valence-electron chi connectivity index (χ3n) is 5.77. The molecule has 31 heavy (non-hydrogen) atoms. The topological polar surface area (TPSA) is 68.2 Å². The average Bonchev–Trinajstić information content (AvgIpc) is 3.19. The number of aromatic nitrogens is 2. The zero-order valence-corrected chi connectivity index (χ0v) is 18.8. The van der Waals surface area contributed by atoms with Gasteiger partial charge >= 0.3 is 0 Å². The summed E-state index contributed by atoms with van der Waals surface area (Å²) in [6.07, 6.45) is 3.60. The van der Waals surface area contributed by atoms with Crippen LogP contribution in [0.3, 0.4) is 0 Å². The van der Waals surface area contributed by atoms with E-state index in [1.54, 1.807) is 31.5 Å². The molecule has 2 aromatic carbocycles. The van der Waals surface area contributed by atoms with Crippen molar-refractivity contribution in [2.75, 3.05) is 25.5 Å². The van der Waals surface area contributed by atoms with Gasteiger partial charge in [-0.1, -0.05) is 29.3 Å². The summed E-state index contributed by atoms with van der Waals surface area (Å²) < 4.78 is 7.14. The van der Waals surface area contributed by atoms with Crippen LogP contribution in [0.15, 0.2) is 42.6 Å². The Balaban J connectivity index is 1.72. The number of carbonyl (C=O) groups excluding carboxylic acids is 1. The van der Waals surface area contributed by atoms with Gasteiger partial charge in [0.25, 0.3) is 5.91 Å². The molecule has 0 atom stereocenters. The Morgan fingerprint density at radius 2 is 1.97 bits per heavy atom. The maximum Gasteiger partial charge on any atom is 0.259 e. The molecule has 7 heteroatoms. The van der Waals surface area contributed by atoms with Gasteiger partial charge in [-0.25, -0.2) is 4.68 Å². The number of hydrogen-bond donors (Lipinski definition) is 2. The summed E-state index contributed by atoms with van der Waals surface area (Å²) in [7, 11) is 1.56. The van der Waals surface area contributed by atoms with E-state index in [-0.39, 0.29) is 11.8 Å². The van der Waals surface area contributed by atoms with Gasteiger partial charge in [-0.3, -0.25) is 4.79 Å². The first-order valence-electron chi connectivity index (χ1n) is 10.5. The highest BCUT2D eigenvalue weighted by molar-refractivity contribution is 6.32. The second-order valence-corrected chi connectivity index (χ2v) is 8.38. The van der Waals surface area contributed by atoms with E-state index in [2.05, 4.69) is 47.8 Å². The van der Waals surface area contributed by atoms with Crippen LogP contribution in [0, 0.1) is 13.8 Å². The van der Waals surface area contributed by atoms with Gasteiger partial charge in [0.2, 0.25) is 0 Å². The Bertz CT molecular complexity index is 1100. The summed E-state index contributed by atoms with van der Waals surface area (Å²) in [5.74, 6) is 0.633. The van der Waals surface area contributed by atoms with E-state index in [1.807, 2.05) is 4.68 Å². The van der Waals surface area contributed by atoms with E-state index in [4.69, 9.17) is 16.3 Å². The Morgan fingerprint density at radius 1 is 1.19 bits per heavy atom. The van der Waals surface area contributed by atoms with Gasteiger partial charge in [-0.05, 0) is 69.6 Å². The van der Waals surface area contributed by atoms with Crippen molar-refractivity contribution < 1.29 is 9.53 Å². The minimum Gasteiger partial charge on any atom is -0.495 e. The number of nitrogens with one attached hydrogen (secondary N) is 2. The molecule has 1 amide bonds. The Hall–Kier alpha value is -2.83. The molecule has 1 aromatic heterocycles. The van der Waals surface area contributed by atoms with Crippen LogP contribution in [0.1, 0.15) is 45.9 Å². The van der Waals surface area contributed by atoms with Gasteiger partial charge in [-0.15, -0.1) is 0 Å². The van der Waals surface area contributed by atoms with Crippen molar-refractivity contribution in [1.82, 2.24) is 15.1 Å². The largest absolute Gasteiger partial charge is 0.495 e. The van der Waals surface area contributed by atoms with E-state index >= 15 is 0 Å². The van der Waals surface area contributed by atoms with E-state index < -0.39 is 0 Å². The van der Waals surface area contributed by atoms with E-state index in [0.29, 0.717) is 22.0 Å². The maximum atomic E-state index is 13.3. The molecule has 2 heterocycles. The minimum absolute atomic E-state index is 0.189. The number of benzene rings is 2. The van der Waals surface area contributed by atoms with Crippen LogP contribution < -0.4 is 15.4 Å². The second-order valence-electron chi connectivity index (χ2n) is 7.97. The number of halogens is 1. The molecule has 1 fully saturated rings. The van der Waals surface area contributed by atoms with Gasteiger partial charge in [-0.2, -0.15) is 5.10 Å². The lowest BCUT2D eigenvalue weighted by molar-refractivity contribution is 0.102. The first-order chi connectivity index (χ1) is 15.0. The van der Waals surface area contributed by atoms with Crippen molar-refractivity contribution in [3.63, 3.8) is 0 Å². The first-order valence-corrected chi connectivity index (χ1v) is 10.9. The number of carbonyl (C=O) groups is 1. The number of piperidine rings is 1. The smallest absolute Gasteiger partial charge is 0.259 e. The average molecular weight is 439 g/mol. The minimum atomic E-state index is -0.189. The molecule has 3 aromatic rings. The predicted molar refractivity (Wildman–Crippen MR) is 124 cm³/mol. The number of aryl methyl sites for hydroxylation is 2. The van der Waals surface area contributed by atoms with Gasteiger partial charge in [0.05, 0.1) is 35.3 Å². The molecule has 6 nitrogen and oxygen atoms in total. The number of amides is 1. The Morgan fingerprint density at radius 3 is 2.65 bits per heavy atom. The van der Waals surface area contributed by atoms with Crippen LogP contribution in [0.25, 0.3) is 5.69 Å². The van der Waals surface area contributed by atoms with Crippen molar-refractivity contribution in [2.45, 2.75) is 32.6 Å². The van der Waals surface area contributed by atoms with E-state index in [1.165, 1.54) is 5.56 Å². The highest BCUT2D eigenvalue weighted by atomic mass is 35.5. The number of methoxy groups -OCH3 is 1. The van der Waals surface area contributed by atoms with Crippen molar-refractivity contribution >= 4 is 23.2 Å². The van der Waals surface area contributed by atoms with Crippen LogP contribution in [0.2, 0.25) is 5.02 Å². The van der Waals surface area contributed by atoms with Crippen LogP contribution >= 0.6 is 11.6 Å². The highest BCUT2D eigenvalue weighted by Crippen LogP contribution is 2.32. The van der Waals surface area contributed by atoms with Gasteiger partial charge in [0, 0.05) is 11.6 Å². The summed E-state index contributed by atoms with van der Waals surface area (Å²) >= 11 is 6.23. The normalized spacial score (nSPS) is 14.5. The maximum absolute atomic E-state index is 13.3. The molecule has 0 saturated carbocycles. The molecule has 0 bridgehead atoms. The van der Waals surface area contributed by atoms with Crippen molar-refractivity contribution in [2.24, 2.45) is 0 Å². The van der Waals surface area contributed by atoms with Crippen LogP contribution in [0.5, 0.6) is 5.75 Å². The quantitative estimate of drug-likeness (QED) is 0.596. The zero-order chi connectivity index (χ0) is 22.0. The summed E-state index contributed by atoms with van der Waals surface area (Å²) in [6, 6.07) is 11.5. The summed E-state index contributed by atoms with van der Waals surface area (Å²) in [5, 5.41) is 11.5. The van der Waals surface area contributed by atoms with Crippen molar-refractivity contribution in [3.05, 3.63) is 70.0 Å². The lowest BCUT2D eigenvalue weighted by Crippen LogP contribution is -2.29. The molecular formula is C24H27ClN4O2. The van der Waals surface area contributed by atoms with Gasteiger partial charge in [0.15, 0.2) is 0 Å². The Kier molecular flexibility index (Phi) is 6.30. The molecule has 0 aliphatic carbocycles. The monoisotopic (exact) mass is 438 g/mol. The molecule has 0 unspecified atom stereocenters. The standard InChI is InChI=1S/C24H27ClN4O2/c1-15-4-6-21(16(2)12-15)29-23(17-8-10-26-11-9-17)19(14-27-29)24(30)28-18-5-7-22(31-3)20(25)13-18/h4-7,12-14,17,26H,8-11H2,1-3H3,(H,28,30). The lowest BCUT2D eigenvalue weighted by atomic mass is 9.91. The SMILES string of the molecule is COc1ccc(NC(=O)c2cnn(-c3ccc(C)cc3C)c2C2CCNCC2)cc1Cl. The fraction of sp³-hybridized carbons (Fsp3) is 0.333. The molecule has 1 aliphatic heterocycles. The van der Waals surface area contributed by atoms with Gasteiger partial charge < -0.3 is 15.4 Å². The van der Waals surface area contributed by atoms with Crippen LogP contribution in [0.4, 0.5) is 5.69 Å².